The predicted molar refractivity (Wildman–Crippen MR) is 75.8 cm³/mol. The molecule has 9 heteroatoms. The minimum atomic E-state index is -1.35. The van der Waals surface area contributed by atoms with Crippen molar-refractivity contribution in [3.05, 3.63) is 0 Å². The second kappa shape index (κ2) is 10.6. The van der Waals surface area contributed by atoms with Crippen molar-refractivity contribution >= 4 is 31.0 Å². The normalized spacial score (nSPS) is 39.8. The SMILES string of the molecule is O=C1CCCC([S-])C1.OCC1OC([S-])C(O)C(O)C1O.[Au]. The maximum atomic E-state index is 10.6. The Morgan fingerprint density at radius 1 is 1.14 bits per heavy atom. The van der Waals surface area contributed by atoms with Gasteiger partial charge < -0.3 is 50.4 Å². The fraction of sp³-hybridized carbons (Fsp3) is 0.917. The van der Waals surface area contributed by atoms with Gasteiger partial charge in [0.25, 0.3) is 0 Å². The van der Waals surface area contributed by atoms with E-state index < -0.39 is 36.5 Å². The molecule has 21 heavy (non-hydrogen) atoms. The van der Waals surface area contributed by atoms with Gasteiger partial charge in [0.2, 0.25) is 0 Å². The van der Waals surface area contributed by atoms with Gasteiger partial charge in [-0.2, -0.15) is 5.25 Å². The summed E-state index contributed by atoms with van der Waals surface area (Å²) in [6.07, 6.45) is -1.32. The van der Waals surface area contributed by atoms with Crippen LogP contribution < -0.4 is 0 Å². The number of aliphatic hydroxyl groups excluding tert-OH is 4. The van der Waals surface area contributed by atoms with Gasteiger partial charge in [0.05, 0.1) is 12.7 Å². The Hall–Kier alpha value is 0.910. The molecule has 4 N–H and O–H groups in total. The molecule has 1 radical (unpaired) electrons. The second-order valence-corrected chi connectivity index (χ2v) is 6.09. The average molecular weight is 521 g/mol. The average Bonchev–Trinajstić information content (AvgIpc) is 2.41. The van der Waals surface area contributed by atoms with Crippen LogP contribution in [0.15, 0.2) is 0 Å². The van der Waals surface area contributed by atoms with Gasteiger partial charge in [-0.15, -0.1) is 0 Å². The first-order valence-corrected chi connectivity index (χ1v) is 7.45. The molecule has 1 heterocycles. The summed E-state index contributed by atoms with van der Waals surface area (Å²) in [4.78, 5) is 10.6. The fourth-order valence-corrected chi connectivity index (χ4v) is 2.71. The van der Waals surface area contributed by atoms with E-state index >= 15 is 0 Å². The summed E-state index contributed by atoms with van der Waals surface area (Å²) >= 11 is 9.58. The molecule has 2 aliphatic rings. The van der Waals surface area contributed by atoms with Crippen molar-refractivity contribution in [2.75, 3.05) is 6.61 Å². The van der Waals surface area contributed by atoms with E-state index in [0.29, 0.717) is 12.2 Å². The Labute approximate surface area is 150 Å². The number of Topliss-reactive ketones (excluding diaryl/α,β-unsaturated/α-hetero) is 1. The van der Waals surface area contributed by atoms with Crippen LogP contribution in [0.1, 0.15) is 25.7 Å². The van der Waals surface area contributed by atoms with Crippen molar-refractivity contribution in [2.24, 2.45) is 0 Å². The Kier molecular flexibility index (Phi) is 11.1. The van der Waals surface area contributed by atoms with Crippen molar-refractivity contribution in [1.82, 2.24) is 0 Å². The number of ketones is 1. The van der Waals surface area contributed by atoms with Crippen LogP contribution in [0, 0.1) is 0 Å². The zero-order valence-electron chi connectivity index (χ0n) is 11.2. The molecule has 129 valence electrons. The topological polar surface area (TPSA) is 107 Å². The third-order valence-corrected chi connectivity index (χ3v) is 4.08. The smallest absolute Gasteiger partial charge is 0.131 e. The van der Waals surface area contributed by atoms with Gasteiger partial charge in [-0.1, -0.05) is 6.42 Å². The fourth-order valence-electron chi connectivity index (χ4n) is 2.05. The number of aliphatic hydroxyl groups is 4. The molecule has 2 fully saturated rings. The van der Waals surface area contributed by atoms with Gasteiger partial charge in [0.1, 0.15) is 24.1 Å². The number of ether oxygens (including phenoxy) is 1. The van der Waals surface area contributed by atoms with Gasteiger partial charge in [0, 0.05) is 28.8 Å². The van der Waals surface area contributed by atoms with Crippen molar-refractivity contribution in [1.29, 1.82) is 0 Å². The van der Waals surface area contributed by atoms with E-state index in [0.717, 1.165) is 19.3 Å². The molecule has 0 spiro atoms. The van der Waals surface area contributed by atoms with E-state index in [4.69, 9.17) is 32.7 Å². The minimum Gasteiger partial charge on any atom is -0.789 e. The molecule has 1 saturated heterocycles. The first-order chi connectivity index (χ1) is 9.36. The van der Waals surface area contributed by atoms with Gasteiger partial charge in [0.15, 0.2) is 0 Å². The predicted octanol–water partition coefficient (Wildman–Crippen LogP) is -1.62. The Bertz CT molecular complexity index is 317. The number of carbonyl (C=O) groups is 1. The van der Waals surface area contributed by atoms with Crippen LogP contribution in [0.3, 0.4) is 0 Å². The Morgan fingerprint density at radius 2 is 1.76 bits per heavy atom. The molecule has 0 amide bonds. The number of hydrogen-bond acceptors (Lipinski definition) is 8. The quantitative estimate of drug-likeness (QED) is 0.241. The molecular weight excluding hydrogens is 501 g/mol. The monoisotopic (exact) mass is 521 g/mol. The van der Waals surface area contributed by atoms with Gasteiger partial charge in [-0.05, 0) is 18.3 Å². The summed E-state index contributed by atoms with van der Waals surface area (Å²) in [6.45, 7) is -0.432. The third kappa shape index (κ3) is 6.90. The van der Waals surface area contributed by atoms with Crippen molar-refractivity contribution in [3.63, 3.8) is 0 Å². The van der Waals surface area contributed by atoms with E-state index in [1.54, 1.807) is 0 Å². The molecule has 0 aromatic carbocycles. The molecule has 2 rings (SSSR count). The number of hydrogen-bond donors (Lipinski definition) is 4. The summed E-state index contributed by atoms with van der Waals surface area (Å²) in [5.74, 6) is 0.358. The summed E-state index contributed by atoms with van der Waals surface area (Å²) in [6, 6.07) is 0. The van der Waals surface area contributed by atoms with Gasteiger partial charge >= 0.3 is 0 Å². The first kappa shape index (κ1) is 21.9. The van der Waals surface area contributed by atoms with Crippen LogP contribution in [0.2, 0.25) is 0 Å². The Balaban J connectivity index is 0.000000390. The molecular formula is C12H20AuO6S2-2. The molecule has 1 saturated carbocycles. The van der Waals surface area contributed by atoms with E-state index in [2.05, 4.69) is 12.6 Å². The number of rotatable bonds is 1. The summed E-state index contributed by atoms with van der Waals surface area (Å²) in [5, 5.41) is 36.4. The molecule has 6 nitrogen and oxygen atoms in total. The van der Waals surface area contributed by atoms with Crippen LogP contribution >= 0.6 is 0 Å². The number of carbonyl (C=O) groups excluding carboxylic acids is 1. The van der Waals surface area contributed by atoms with E-state index in [1.807, 2.05) is 0 Å². The summed E-state index contributed by atoms with van der Waals surface area (Å²) in [5.41, 5.74) is -0.986. The standard InChI is InChI=1S/C6H12O5S.C6H10OS.Au/c7-1-2-3(8)4(9)5(10)6(12)11-2;7-5-2-1-3-6(8)4-5;/h2-10,12H,1H2;6,8H,1-4H2;/p-2. The molecule has 0 aromatic heterocycles. The minimum absolute atomic E-state index is 0. The molecule has 6 atom stereocenters. The van der Waals surface area contributed by atoms with Crippen molar-refractivity contribution in [2.45, 2.75) is 60.8 Å². The maximum Gasteiger partial charge on any atom is 0.131 e. The first-order valence-electron chi connectivity index (χ1n) is 6.50. The van der Waals surface area contributed by atoms with Gasteiger partial charge in [-0.25, -0.2) is 0 Å². The zero-order chi connectivity index (χ0) is 15.3. The van der Waals surface area contributed by atoms with Gasteiger partial charge in [-0.3, -0.25) is 4.79 Å². The van der Waals surface area contributed by atoms with Crippen molar-refractivity contribution < 1.29 is 52.3 Å². The van der Waals surface area contributed by atoms with Crippen LogP contribution in [0.25, 0.3) is 0 Å². The van der Waals surface area contributed by atoms with Crippen LogP contribution in [-0.4, -0.2) is 67.9 Å². The Morgan fingerprint density at radius 3 is 2.19 bits per heavy atom. The molecule has 1 aliphatic carbocycles. The van der Waals surface area contributed by atoms with Crippen LogP contribution in [0.5, 0.6) is 0 Å². The second-order valence-electron chi connectivity index (χ2n) is 4.95. The van der Waals surface area contributed by atoms with Crippen LogP contribution in [-0.2, 0) is 57.2 Å². The zero-order valence-corrected chi connectivity index (χ0v) is 15.0. The molecule has 0 bridgehead atoms. The van der Waals surface area contributed by atoms with E-state index in [-0.39, 0.29) is 27.6 Å². The van der Waals surface area contributed by atoms with E-state index in [9.17, 15) is 9.90 Å². The van der Waals surface area contributed by atoms with E-state index in [1.165, 1.54) is 0 Å². The van der Waals surface area contributed by atoms with Crippen LogP contribution in [0.4, 0.5) is 0 Å². The summed E-state index contributed by atoms with van der Waals surface area (Å²) in [7, 11) is 0. The summed E-state index contributed by atoms with van der Waals surface area (Å²) < 4.78 is 4.84. The largest absolute Gasteiger partial charge is 0.789 e. The molecule has 1 aliphatic heterocycles. The molecule has 0 aromatic rings. The maximum absolute atomic E-state index is 10.6. The third-order valence-electron chi connectivity index (χ3n) is 3.29. The van der Waals surface area contributed by atoms with Crippen molar-refractivity contribution in [3.8, 4) is 0 Å². The molecule has 6 unspecified atom stereocenters.